The predicted octanol–water partition coefficient (Wildman–Crippen LogP) is 0.791. The van der Waals surface area contributed by atoms with Gasteiger partial charge >= 0.3 is 0 Å². The van der Waals surface area contributed by atoms with E-state index in [0.717, 1.165) is 5.82 Å². The van der Waals surface area contributed by atoms with Crippen molar-refractivity contribution in [3.8, 4) is 0 Å². The van der Waals surface area contributed by atoms with Gasteiger partial charge in [-0.05, 0) is 25.1 Å². The molecule has 1 heterocycles. The number of imidazole rings is 1. The van der Waals surface area contributed by atoms with Crippen LogP contribution in [0.4, 0.5) is 5.69 Å². The van der Waals surface area contributed by atoms with Crippen molar-refractivity contribution < 1.29 is 9.59 Å². The minimum absolute atomic E-state index is 0.117. The first-order valence-electron chi connectivity index (χ1n) is 6.37. The van der Waals surface area contributed by atoms with Crippen molar-refractivity contribution in [2.45, 2.75) is 13.0 Å². The maximum Gasteiger partial charge on any atom is 0.248 e. The number of carbonyl (C=O) groups is 2. The summed E-state index contributed by atoms with van der Waals surface area (Å²) in [5, 5.41) is 3.18. The number of anilines is 1. The minimum atomic E-state index is -0.620. The minimum Gasteiger partial charge on any atom is -0.375 e. The lowest BCUT2D eigenvalue weighted by Crippen LogP contribution is -2.17. The molecule has 7 nitrogen and oxygen atoms in total. The zero-order valence-corrected chi connectivity index (χ0v) is 11.8. The van der Waals surface area contributed by atoms with Crippen molar-refractivity contribution in [2.75, 3.05) is 5.32 Å². The van der Waals surface area contributed by atoms with Crippen molar-refractivity contribution in [3.05, 3.63) is 47.5 Å². The maximum absolute atomic E-state index is 11.3. The lowest BCUT2D eigenvalue weighted by atomic mass is 10.1. The number of benzene rings is 1. The van der Waals surface area contributed by atoms with Gasteiger partial charge in [0.2, 0.25) is 11.8 Å². The van der Waals surface area contributed by atoms with Gasteiger partial charge in [0.15, 0.2) is 0 Å². The number of primary amides is 2. The van der Waals surface area contributed by atoms with E-state index in [2.05, 4.69) is 10.3 Å². The molecule has 2 aromatic rings. The van der Waals surface area contributed by atoms with Crippen molar-refractivity contribution >= 4 is 17.5 Å². The first kappa shape index (κ1) is 14.6. The highest BCUT2D eigenvalue weighted by molar-refractivity contribution is 5.99. The molecule has 0 fully saturated rings. The summed E-state index contributed by atoms with van der Waals surface area (Å²) in [6, 6.07) is 4.41. The van der Waals surface area contributed by atoms with Crippen LogP contribution in [0.15, 0.2) is 30.6 Å². The summed E-state index contributed by atoms with van der Waals surface area (Å²) in [7, 11) is 1.88. The highest BCUT2D eigenvalue weighted by Crippen LogP contribution is 2.20. The average molecular weight is 287 g/mol. The SMILES string of the molecule is CC(Nc1cc(C(N)=O)cc(C(N)=O)c1)c1nccn1C. The summed E-state index contributed by atoms with van der Waals surface area (Å²) in [6.07, 6.45) is 3.53. The Morgan fingerprint density at radius 3 is 2.19 bits per heavy atom. The molecule has 0 saturated heterocycles. The Labute approximate surface area is 122 Å². The van der Waals surface area contributed by atoms with E-state index in [9.17, 15) is 9.59 Å². The quantitative estimate of drug-likeness (QED) is 0.753. The molecule has 1 aromatic heterocycles. The summed E-state index contributed by atoms with van der Waals surface area (Å²) in [5.41, 5.74) is 11.6. The van der Waals surface area contributed by atoms with E-state index >= 15 is 0 Å². The Morgan fingerprint density at radius 2 is 1.76 bits per heavy atom. The van der Waals surface area contributed by atoms with Gasteiger partial charge in [-0.3, -0.25) is 9.59 Å². The molecular formula is C14H17N5O2. The molecule has 1 unspecified atom stereocenters. The highest BCUT2D eigenvalue weighted by Gasteiger charge is 2.13. The van der Waals surface area contributed by atoms with E-state index in [4.69, 9.17) is 11.5 Å². The first-order valence-corrected chi connectivity index (χ1v) is 6.37. The van der Waals surface area contributed by atoms with Gasteiger partial charge in [0.1, 0.15) is 5.82 Å². The predicted molar refractivity (Wildman–Crippen MR) is 78.7 cm³/mol. The van der Waals surface area contributed by atoms with Crippen LogP contribution in [-0.4, -0.2) is 21.4 Å². The fourth-order valence-corrected chi connectivity index (χ4v) is 2.10. The number of nitrogens with two attached hydrogens (primary N) is 2. The van der Waals surface area contributed by atoms with E-state index in [-0.39, 0.29) is 17.2 Å². The van der Waals surface area contributed by atoms with Crippen molar-refractivity contribution in [2.24, 2.45) is 18.5 Å². The van der Waals surface area contributed by atoms with Crippen LogP contribution in [0.25, 0.3) is 0 Å². The molecule has 0 saturated carbocycles. The molecule has 2 rings (SSSR count). The van der Waals surface area contributed by atoms with Gasteiger partial charge in [0, 0.05) is 36.3 Å². The lowest BCUT2D eigenvalue weighted by molar-refractivity contribution is 0.0999. The number of hydrogen-bond donors (Lipinski definition) is 3. The van der Waals surface area contributed by atoms with E-state index in [1.807, 2.05) is 24.7 Å². The molecule has 0 bridgehead atoms. The number of rotatable bonds is 5. The van der Waals surface area contributed by atoms with Crippen LogP contribution < -0.4 is 16.8 Å². The summed E-state index contributed by atoms with van der Waals surface area (Å²) < 4.78 is 1.88. The molecule has 21 heavy (non-hydrogen) atoms. The highest BCUT2D eigenvalue weighted by atomic mass is 16.1. The molecule has 0 aliphatic heterocycles. The Morgan fingerprint density at radius 1 is 1.19 bits per heavy atom. The number of aromatic nitrogens is 2. The van der Waals surface area contributed by atoms with Gasteiger partial charge in [-0.25, -0.2) is 4.98 Å². The lowest BCUT2D eigenvalue weighted by Gasteiger charge is -2.16. The van der Waals surface area contributed by atoms with Gasteiger partial charge in [-0.1, -0.05) is 0 Å². The van der Waals surface area contributed by atoms with Crippen LogP contribution in [0, 0.1) is 0 Å². The Kier molecular flexibility index (Phi) is 3.93. The molecule has 1 atom stereocenters. The topological polar surface area (TPSA) is 116 Å². The zero-order valence-electron chi connectivity index (χ0n) is 11.8. The molecule has 0 aliphatic carbocycles. The van der Waals surface area contributed by atoms with Crippen LogP contribution in [-0.2, 0) is 7.05 Å². The largest absolute Gasteiger partial charge is 0.375 e. The molecule has 1 aromatic carbocycles. The van der Waals surface area contributed by atoms with Gasteiger partial charge in [-0.15, -0.1) is 0 Å². The molecule has 110 valence electrons. The number of nitrogens with one attached hydrogen (secondary N) is 1. The molecule has 2 amide bonds. The van der Waals surface area contributed by atoms with Gasteiger partial charge in [0.05, 0.1) is 6.04 Å². The molecule has 0 spiro atoms. The molecule has 7 heteroatoms. The normalized spacial score (nSPS) is 11.9. The Bertz CT molecular complexity index is 660. The molecular weight excluding hydrogens is 270 g/mol. The number of aryl methyl sites for hydroxylation is 1. The summed E-state index contributed by atoms with van der Waals surface area (Å²) in [5.74, 6) is -0.420. The van der Waals surface area contributed by atoms with Gasteiger partial charge in [-0.2, -0.15) is 0 Å². The van der Waals surface area contributed by atoms with Crippen LogP contribution in [0.1, 0.15) is 39.5 Å². The molecule has 0 radical (unpaired) electrons. The van der Waals surface area contributed by atoms with Crippen LogP contribution in [0.3, 0.4) is 0 Å². The maximum atomic E-state index is 11.3. The van der Waals surface area contributed by atoms with Gasteiger partial charge < -0.3 is 21.4 Å². The number of amides is 2. The third-order valence-electron chi connectivity index (χ3n) is 3.13. The van der Waals surface area contributed by atoms with E-state index in [1.54, 1.807) is 18.3 Å². The monoisotopic (exact) mass is 287 g/mol. The molecule has 0 aliphatic rings. The smallest absolute Gasteiger partial charge is 0.248 e. The number of nitrogens with zero attached hydrogens (tertiary/aromatic N) is 2. The molecule has 5 N–H and O–H groups in total. The van der Waals surface area contributed by atoms with Crippen LogP contribution in [0.5, 0.6) is 0 Å². The zero-order chi connectivity index (χ0) is 15.6. The van der Waals surface area contributed by atoms with E-state index in [0.29, 0.717) is 5.69 Å². The van der Waals surface area contributed by atoms with Gasteiger partial charge in [0.25, 0.3) is 0 Å². The first-order chi connectivity index (χ1) is 9.88. The fraction of sp³-hybridized carbons (Fsp3) is 0.214. The standard InChI is InChI=1S/C14H17N5O2/c1-8(14-17-3-4-19(14)2)18-11-6-9(12(15)20)5-10(7-11)13(16)21/h3-8,18H,1-2H3,(H2,15,20)(H2,16,21). The van der Waals surface area contributed by atoms with E-state index < -0.39 is 11.8 Å². The fourth-order valence-electron chi connectivity index (χ4n) is 2.10. The third-order valence-corrected chi connectivity index (χ3v) is 3.13. The van der Waals surface area contributed by atoms with Crippen molar-refractivity contribution in [1.29, 1.82) is 0 Å². The summed E-state index contributed by atoms with van der Waals surface area (Å²) >= 11 is 0. The number of carbonyl (C=O) groups excluding carboxylic acids is 2. The number of hydrogen-bond acceptors (Lipinski definition) is 4. The second-order valence-corrected chi connectivity index (χ2v) is 4.79. The second kappa shape index (κ2) is 5.66. The summed E-state index contributed by atoms with van der Waals surface area (Å²) in [6.45, 7) is 1.92. The summed E-state index contributed by atoms with van der Waals surface area (Å²) in [4.78, 5) is 26.9. The van der Waals surface area contributed by atoms with Crippen molar-refractivity contribution in [3.63, 3.8) is 0 Å². The third kappa shape index (κ3) is 3.19. The van der Waals surface area contributed by atoms with Crippen LogP contribution in [0.2, 0.25) is 0 Å². The Hall–Kier alpha value is -2.83. The van der Waals surface area contributed by atoms with Crippen molar-refractivity contribution in [1.82, 2.24) is 9.55 Å². The Balaban J connectivity index is 2.33. The average Bonchev–Trinajstić information content (AvgIpc) is 2.84. The van der Waals surface area contributed by atoms with Crippen LogP contribution >= 0.6 is 0 Å². The second-order valence-electron chi connectivity index (χ2n) is 4.79. The van der Waals surface area contributed by atoms with E-state index in [1.165, 1.54) is 6.07 Å².